The van der Waals surface area contributed by atoms with E-state index in [-0.39, 0.29) is 0 Å². The fraction of sp³-hybridized carbons (Fsp3) is 0.571. The van der Waals surface area contributed by atoms with Crippen LogP contribution in [-0.4, -0.2) is 23.3 Å². The number of benzene rings is 1. The molecule has 0 aromatic heterocycles. The first-order valence-electron chi connectivity index (χ1n) is 6.28. The first-order valence-corrected chi connectivity index (χ1v) is 6.65. The van der Waals surface area contributed by atoms with Crippen LogP contribution in [0.1, 0.15) is 31.7 Å². The quantitative estimate of drug-likeness (QED) is 0.846. The number of hydrogen-bond donors (Lipinski definition) is 2. The third-order valence-corrected chi connectivity index (χ3v) is 3.77. The smallest absolute Gasteiger partial charge is 0.0771 e. The van der Waals surface area contributed by atoms with Crippen LogP contribution >= 0.6 is 11.6 Å². The second-order valence-corrected chi connectivity index (χ2v) is 5.63. The molecule has 1 unspecified atom stereocenters. The minimum absolute atomic E-state index is 0.376. The van der Waals surface area contributed by atoms with E-state index < -0.39 is 5.60 Å². The Morgan fingerprint density at radius 1 is 1.35 bits per heavy atom. The summed E-state index contributed by atoms with van der Waals surface area (Å²) < 4.78 is 0. The molecular formula is C14H20ClNO. The highest BCUT2D eigenvalue weighted by molar-refractivity contribution is 6.30. The molecule has 0 bridgehead atoms. The molecule has 1 atom stereocenters. The minimum Gasteiger partial charge on any atom is -0.389 e. The van der Waals surface area contributed by atoms with Crippen LogP contribution in [0.2, 0.25) is 5.02 Å². The highest BCUT2D eigenvalue weighted by Crippen LogP contribution is 2.30. The lowest BCUT2D eigenvalue weighted by Crippen LogP contribution is -2.48. The molecule has 1 aliphatic rings. The van der Waals surface area contributed by atoms with Crippen molar-refractivity contribution in [3.63, 3.8) is 0 Å². The van der Waals surface area contributed by atoms with Crippen molar-refractivity contribution in [2.24, 2.45) is 0 Å². The van der Waals surface area contributed by atoms with Crippen LogP contribution in [0.4, 0.5) is 0 Å². The summed E-state index contributed by atoms with van der Waals surface area (Å²) in [5.74, 6) is 0. The van der Waals surface area contributed by atoms with Crippen molar-refractivity contribution in [2.75, 3.05) is 6.54 Å². The van der Waals surface area contributed by atoms with Gasteiger partial charge in [-0.1, -0.05) is 23.7 Å². The lowest BCUT2D eigenvalue weighted by molar-refractivity contribution is -0.0328. The van der Waals surface area contributed by atoms with E-state index in [9.17, 15) is 5.11 Å². The lowest BCUT2D eigenvalue weighted by Gasteiger charge is -2.37. The second-order valence-electron chi connectivity index (χ2n) is 5.19. The van der Waals surface area contributed by atoms with E-state index in [1.807, 2.05) is 12.1 Å². The van der Waals surface area contributed by atoms with E-state index in [4.69, 9.17) is 11.6 Å². The number of rotatable bonds is 5. The molecule has 0 amide bonds. The van der Waals surface area contributed by atoms with E-state index in [0.29, 0.717) is 12.6 Å². The van der Waals surface area contributed by atoms with Gasteiger partial charge in [0.05, 0.1) is 5.60 Å². The summed E-state index contributed by atoms with van der Waals surface area (Å²) in [6.07, 6.45) is 4.00. The van der Waals surface area contributed by atoms with Crippen molar-refractivity contribution in [1.29, 1.82) is 0 Å². The lowest BCUT2D eigenvalue weighted by atomic mass is 9.80. The molecule has 1 aliphatic carbocycles. The van der Waals surface area contributed by atoms with Crippen molar-refractivity contribution in [2.45, 2.75) is 44.2 Å². The Balaban J connectivity index is 1.76. The van der Waals surface area contributed by atoms with E-state index >= 15 is 0 Å². The van der Waals surface area contributed by atoms with Gasteiger partial charge in [-0.05, 0) is 50.3 Å². The van der Waals surface area contributed by atoms with Gasteiger partial charge in [-0.15, -0.1) is 0 Å². The van der Waals surface area contributed by atoms with Gasteiger partial charge >= 0.3 is 0 Å². The summed E-state index contributed by atoms with van der Waals surface area (Å²) in [5, 5.41) is 14.2. The highest BCUT2D eigenvalue weighted by atomic mass is 35.5. The predicted molar refractivity (Wildman–Crippen MR) is 71.4 cm³/mol. The Morgan fingerprint density at radius 2 is 2.00 bits per heavy atom. The summed E-state index contributed by atoms with van der Waals surface area (Å²) in [6, 6.07) is 8.32. The summed E-state index contributed by atoms with van der Waals surface area (Å²) >= 11 is 5.85. The van der Waals surface area contributed by atoms with Gasteiger partial charge in [-0.2, -0.15) is 0 Å². The van der Waals surface area contributed by atoms with Crippen LogP contribution in [0.5, 0.6) is 0 Å². The summed E-state index contributed by atoms with van der Waals surface area (Å²) in [4.78, 5) is 0. The largest absolute Gasteiger partial charge is 0.389 e. The first kappa shape index (κ1) is 12.9. The average Bonchev–Trinajstić information content (AvgIpc) is 2.27. The van der Waals surface area contributed by atoms with Crippen LogP contribution in [0.3, 0.4) is 0 Å². The standard InChI is InChI=1S/C14H20ClNO/c1-11(16-10-14(17)7-2-8-14)9-12-3-5-13(15)6-4-12/h3-6,11,16-17H,2,7-10H2,1H3. The second kappa shape index (κ2) is 5.38. The molecule has 0 spiro atoms. The fourth-order valence-electron chi connectivity index (χ4n) is 2.17. The molecule has 94 valence electrons. The molecule has 1 fully saturated rings. The topological polar surface area (TPSA) is 32.3 Å². The zero-order valence-electron chi connectivity index (χ0n) is 10.2. The average molecular weight is 254 g/mol. The van der Waals surface area contributed by atoms with E-state index in [1.165, 1.54) is 5.56 Å². The Hall–Kier alpha value is -0.570. The Labute approximate surface area is 108 Å². The molecule has 1 aromatic carbocycles. The van der Waals surface area contributed by atoms with Gasteiger partial charge in [0.2, 0.25) is 0 Å². The number of halogens is 1. The molecule has 2 N–H and O–H groups in total. The maximum absolute atomic E-state index is 9.98. The fourth-order valence-corrected chi connectivity index (χ4v) is 2.30. The van der Waals surface area contributed by atoms with Gasteiger partial charge in [0.25, 0.3) is 0 Å². The normalized spacial score (nSPS) is 19.7. The van der Waals surface area contributed by atoms with Crippen LogP contribution < -0.4 is 5.32 Å². The Morgan fingerprint density at radius 3 is 2.53 bits per heavy atom. The van der Waals surface area contributed by atoms with Gasteiger partial charge in [0, 0.05) is 17.6 Å². The van der Waals surface area contributed by atoms with Crippen molar-refractivity contribution in [3.8, 4) is 0 Å². The molecule has 0 aliphatic heterocycles. The van der Waals surface area contributed by atoms with Crippen LogP contribution in [0.15, 0.2) is 24.3 Å². The zero-order valence-corrected chi connectivity index (χ0v) is 11.0. The predicted octanol–water partition coefficient (Wildman–Crippen LogP) is 2.78. The monoisotopic (exact) mass is 253 g/mol. The summed E-state index contributed by atoms with van der Waals surface area (Å²) in [6.45, 7) is 2.86. The third kappa shape index (κ3) is 3.70. The van der Waals surface area contributed by atoms with Crippen LogP contribution in [-0.2, 0) is 6.42 Å². The molecule has 0 saturated heterocycles. The molecular weight excluding hydrogens is 234 g/mol. The maximum atomic E-state index is 9.98. The number of hydrogen-bond acceptors (Lipinski definition) is 2. The highest BCUT2D eigenvalue weighted by Gasteiger charge is 2.34. The van der Waals surface area contributed by atoms with Crippen LogP contribution in [0, 0.1) is 0 Å². The molecule has 2 nitrogen and oxygen atoms in total. The Bertz CT molecular complexity index is 359. The number of aliphatic hydroxyl groups is 1. The van der Waals surface area contributed by atoms with Gasteiger partial charge in [-0.3, -0.25) is 0 Å². The molecule has 0 heterocycles. The van der Waals surface area contributed by atoms with Gasteiger partial charge in [0.15, 0.2) is 0 Å². The Kier molecular flexibility index (Phi) is 4.08. The van der Waals surface area contributed by atoms with Crippen molar-refractivity contribution < 1.29 is 5.11 Å². The maximum Gasteiger partial charge on any atom is 0.0771 e. The van der Waals surface area contributed by atoms with Gasteiger partial charge < -0.3 is 10.4 Å². The molecule has 1 aromatic rings. The van der Waals surface area contributed by atoms with E-state index in [1.54, 1.807) is 0 Å². The van der Waals surface area contributed by atoms with E-state index in [0.717, 1.165) is 30.7 Å². The zero-order chi connectivity index (χ0) is 12.3. The SMILES string of the molecule is CC(Cc1ccc(Cl)cc1)NCC1(O)CCC1. The van der Waals surface area contributed by atoms with Crippen molar-refractivity contribution >= 4 is 11.6 Å². The first-order chi connectivity index (χ1) is 8.07. The molecule has 17 heavy (non-hydrogen) atoms. The summed E-state index contributed by atoms with van der Waals surface area (Å²) in [5.41, 5.74) is 0.837. The summed E-state index contributed by atoms with van der Waals surface area (Å²) in [7, 11) is 0. The minimum atomic E-state index is -0.436. The van der Waals surface area contributed by atoms with Gasteiger partial charge in [0.1, 0.15) is 0 Å². The molecule has 0 radical (unpaired) electrons. The van der Waals surface area contributed by atoms with Crippen molar-refractivity contribution in [1.82, 2.24) is 5.32 Å². The molecule has 2 rings (SSSR count). The molecule has 3 heteroatoms. The molecule has 1 saturated carbocycles. The third-order valence-electron chi connectivity index (χ3n) is 3.52. The number of nitrogens with one attached hydrogen (secondary N) is 1. The van der Waals surface area contributed by atoms with Crippen molar-refractivity contribution in [3.05, 3.63) is 34.9 Å². The van der Waals surface area contributed by atoms with Crippen LogP contribution in [0.25, 0.3) is 0 Å². The van der Waals surface area contributed by atoms with E-state index in [2.05, 4.69) is 24.4 Å². The van der Waals surface area contributed by atoms with Gasteiger partial charge in [-0.25, -0.2) is 0 Å².